The van der Waals surface area contributed by atoms with Crippen LogP contribution >= 0.6 is 23.5 Å². The number of hydrogen-bond acceptors (Lipinski definition) is 8. The fraction of sp³-hybridized carbons (Fsp3) is 0.571. The maximum Gasteiger partial charge on any atom is 0.507 e. The standard InChI is InChI=1S/C21H28N2O6S2/c1-2-28-19(25)16(9-8-15-6-4-3-5-7-15)22-13-17(24)23-14-21(30-10-11-31-21)12-18(23)29-20(26)27/h3-7,16,18,22H,2,8-14H2,1H3,(H,26,27)/t16?,18-/m0/s1. The summed E-state index contributed by atoms with van der Waals surface area (Å²) in [5.41, 5.74) is 1.09. The summed E-state index contributed by atoms with van der Waals surface area (Å²) in [6.07, 6.45) is -0.587. The van der Waals surface area contributed by atoms with Gasteiger partial charge in [-0.2, -0.15) is 0 Å². The average Bonchev–Trinajstić information content (AvgIpc) is 3.35. The van der Waals surface area contributed by atoms with Crippen LogP contribution in [0.15, 0.2) is 30.3 Å². The summed E-state index contributed by atoms with van der Waals surface area (Å²) >= 11 is 3.50. The van der Waals surface area contributed by atoms with Gasteiger partial charge in [0, 0.05) is 24.5 Å². The molecule has 2 aliphatic rings. The molecule has 2 fully saturated rings. The van der Waals surface area contributed by atoms with Gasteiger partial charge in [-0.05, 0) is 25.3 Å². The first-order chi connectivity index (χ1) is 14.9. The molecule has 1 unspecified atom stereocenters. The van der Waals surface area contributed by atoms with E-state index in [1.165, 1.54) is 4.90 Å². The van der Waals surface area contributed by atoms with Gasteiger partial charge >= 0.3 is 12.1 Å². The van der Waals surface area contributed by atoms with E-state index in [9.17, 15) is 14.4 Å². The second-order valence-corrected chi connectivity index (χ2v) is 10.6. The first-order valence-corrected chi connectivity index (χ1v) is 12.3. The van der Waals surface area contributed by atoms with Crippen LogP contribution in [0.1, 0.15) is 25.3 Å². The van der Waals surface area contributed by atoms with Crippen LogP contribution in [0.4, 0.5) is 4.79 Å². The van der Waals surface area contributed by atoms with Crippen molar-refractivity contribution >= 4 is 41.6 Å². The van der Waals surface area contributed by atoms with Crippen LogP contribution in [0.3, 0.4) is 0 Å². The molecule has 0 radical (unpaired) electrons. The van der Waals surface area contributed by atoms with Crippen LogP contribution < -0.4 is 5.32 Å². The second-order valence-electron chi connectivity index (χ2n) is 7.38. The molecule has 10 heteroatoms. The van der Waals surface area contributed by atoms with Crippen LogP contribution in [0.2, 0.25) is 0 Å². The number of carbonyl (C=O) groups is 3. The number of benzene rings is 1. The van der Waals surface area contributed by atoms with Gasteiger partial charge in [0.25, 0.3) is 0 Å². The zero-order valence-corrected chi connectivity index (χ0v) is 19.1. The monoisotopic (exact) mass is 468 g/mol. The minimum atomic E-state index is -1.40. The number of thioether (sulfide) groups is 2. The fourth-order valence-electron chi connectivity index (χ4n) is 3.79. The highest BCUT2D eigenvalue weighted by Crippen LogP contribution is 2.51. The highest BCUT2D eigenvalue weighted by atomic mass is 32.2. The highest BCUT2D eigenvalue weighted by molar-refractivity contribution is 8.21. The van der Waals surface area contributed by atoms with Crippen molar-refractivity contribution in [3.63, 3.8) is 0 Å². The molecule has 0 aromatic heterocycles. The lowest BCUT2D eigenvalue weighted by atomic mass is 10.1. The molecule has 0 aliphatic carbocycles. The molecule has 8 nitrogen and oxygen atoms in total. The lowest BCUT2D eigenvalue weighted by molar-refractivity contribution is -0.146. The molecule has 31 heavy (non-hydrogen) atoms. The van der Waals surface area contributed by atoms with Crippen molar-refractivity contribution in [1.29, 1.82) is 0 Å². The third-order valence-electron chi connectivity index (χ3n) is 5.25. The van der Waals surface area contributed by atoms with Gasteiger partial charge in [-0.3, -0.25) is 14.9 Å². The first kappa shape index (κ1) is 23.7. The number of amides is 1. The van der Waals surface area contributed by atoms with E-state index in [2.05, 4.69) is 5.32 Å². The molecule has 2 heterocycles. The molecule has 2 atom stereocenters. The van der Waals surface area contributed by atoms with E-state index in [-0.39, 0.29) is 23.1 Å². The molecule has 1 aromatic carbocycles. The lowest BCUT2D eigenvalue weighted by Gasteiger charge is -2.25. The summed E-state index contributed by atoms with van der Waals surface area (Å²) in [4.78, 5) is 38.0. The summed E-state index contributed by atoms with van der Waals surface area (Å²) in [5, 5.41) is 12.1. The fourth-order valence-corrected chi connectivity index (χ4v) is 7.02. The van der Waals surface area contributed by atoms with Gasteiger partial charge in [0.2, 0.25) is 5.91 Å². The number of esters is 1. The van der Waals surface area contributed by atoms with Crippen LogP contribution in [0.5, 0.6) is 0 Å². The van der Waals surface area contributed by atoms with Crippen LogP contribution in [-0.2, 0) is 25.5 Å². The average molecular weight is 469 g/mol. The van der Waals surface area contributed by atoms with Gasteiger partial charge in [0.1, 0.15) is 6.04 Å². The Bertz CT molecular complexity index is 772. The van der Waals surface area contributed by atoms with Gasteiger partial charge in [-0.25, -0.2) is 4.79 Å². The van der Waals surface area contributed by atoms with Gasteiger partial charge in [0.15, 0.2) is 6.23 Å². The number of hydrogen-bond donors (Lipinski definition) is 2. The summed E-state index contributed by atoms with van der Waals surface area (Å²) in [5.74, 6) is 1.25. The Morgan fingerprint density at radius 1 is 1.26 bits per heavy atom. The Morgan fingerprint density at radius 2 is 1.97 bits per heavy atom. The summed E-state index contributed by atoms with van der Waals surface area (Å²) in [7, 11) is 0. The van der Waals surface area contributed by atoms with Gasteiger partial charge < -0.3 is 19.5 Å². The number of nitrogens with zero attached hydrogens (tertiary/aromatic N) is 1. The third kappa shape index (κ3) is 6.54. The number of ether oxygens (including phenoxy) is 2. The maximum atomic E-state index is 13.0. The van der Waals surface area contributed by atoms with Gasteiger partial charge in [-0.1, -0.05) is 30.3 Å². The zero-order chi connectivity index (χ0) is 22.3. The molecule has 0 saturated carbocycles. The molecule has 0 bridgehead atoms. The van der Waals surface area contributed by atoms with Crippen molar-refractivity contribution in [3.8, 4) is 0 Å². The summed E-state index contributed by atoms with van der Waals surface area (Å²) in [6.45, 7) is 2.33. The number of likely N-dealkylation sites (tertiary alicyclic amines) is 1. The Labute approximate surface area is 190 Å². The summed E-state index contributed by atoms with van der Waals surface area (Å²) in [6, 6.07) is 9.16. The van der Waals surface area contributed by atoms with Crippen molar-refractivity contribution in [2.75, 3.05) is 31.2 Å². The Hall–Kier alpha value is -1.91. The summed E-state index contributed by atoms with van der Waals surface area (Å²) < 4.78 is 9.95. The van der Waals surface area contributed by atoms with E-state index in [1.807, 2.05) is 30.3 Å². The van der Waals surface area contributed by atoms with Gasteiger partial charge in [0.05, 0.1) is 17.2 Å². The molecular formula is C21H28N2O6S2. The highest BCUT2D eigenvalue weighted by Gasteiger charge is 2.50. The Balaban J connectivity index is 1.61. The predicted molar refractivity (Wildman–Crippen MR) is 120 cm³/mol. The smallest absolute Gasteiger partial charge is 0.465 e. The van der Waals surface area contributed by atoms with E-state index in [0.717, 1.165) is 17.1 Å². The number of nitrogens with one attached hydrogen (secondary N) is 1. The van der Waals surface area contributed by atoms with Crippen molar-refractivity contribution < 1.29 is 29.0 Å². The van der Waals surface area contributed by atoms with Crippen LogP contribution in [-0.4, -0.2) is 75.6 Å². The molecule has 1 aromatic rings. The SMILES string of the molecule is CCOC(=O)C(CCc1ccccc1)NCC(=O)N1CC2(C[C@@H]1OC(=O)O)SCCS2. The van der Waals surface area contributed by atoms with Crippen molar-refractivity contribution in [1.82, 2.24) is 10.2 Å². The predicted octanol–water partition coefficient (Wildman–Crippen LogP) is 2.57. The minimum Gasteiger partial charge on any atom is -0.465 e. The minimum absolute atomic E-state index is 0.0941. The van der Waals surface area contributed by atoms with Crippen LogP contribution in [0, 0.1) is 0 Å². The van der Waals surface area contributed by atoms with E-state index in [0.29, 0.717) is 25.8 Å². The molecule has 3 rings (SSSR count). The molecule has 2 N–H and O–H groups in total. The van der Waals surface area contributed by atoms with E-state index in [1.54, 1.807) is 30.4 Å². The number of carbonyl (C=O) groups excluding carboxylic acids is 2. The normalized spacial score (nSPS) is 20.5. The molecular weight excluding hydrogens is 440 g/mol. The Kier molecular flexibility index (Phi) is 8.50. The van der Waals surface area contributed by atoms with Crippen molar-refractivity contribution in [2.24, 2.45) is 0 Å². The largest absolute Gasteiger partial charge is 0.507 e. The maximum absolute atomic E-state index is 13.0. The van der Waals surface area contributed by atoms with Crippen LogP contribution in [0.25, 0.3) is 0 Å². The molecule has 1 spiro atoms. The quantitative estimate of drug-likeness (QED) is 0.529. The number of rotatable bonds is 9. The lowest BCUT2D eigenvalue weighted by Crippen LogP contribution is -2.47. The number of carboxylic acid groups (broad SMARTS) is 1. The van der Waals surface area contributed by atoms with E-state index < -0.39 is 24.4 Å². The number of aryl methyl sites for hydroxylation is 1. The van der Waals surface area contributed by atoms with Crippen molar-refractivity contribution in [2.45, 2.75) is 42.5 Å². The van der Waals surface area contributed by atoms with E-state index >= 15 is 0 Å². The first-order valence-electron chi connectivity index (χ1n) is 10.3. The van der Waals surface area contributed by atoms with Gasteiger partial charge in [-0.15, -0.1) is 23.5 Å². The molecule has 2 saturated heterocycles. The second kappa shape index (κ2) is 11.1. The zero-order valence-electron chi connectivity index (χ0n) is 17.5. The third-order valence-corrected chi connectivity index (χ3v) is 8.68. The van der Waals surface area contributed by atoms with Crippen molar-refractivity contribution in [3.05, 3.63) is 35.9 Å². The molecule has 170 valence electrons. The Morgan fingerprint density at radius 3 is 2.61 bits per heavy atom. The molecule has 1 amide bonds. The molecule has 2 aliphatic heterocycles. The topological polar surface area (TPSA) is 105 Å². The van der Waals surface area contributed by atoms with E-state index in [4.69, 9.17) is 14.6 Å².